The molecule has 2 aliphatic rings. The zero-order valence-electron chi connectivity index (χ0n) is 17.8. The van der Waals surface area contributed by atoms with Gasteiger partial charge in [0, 0.05) is 5.92 Å². The molecule has 4 aromatic rings. The predicted molar refractivity (Wildman–Crippen MR) is 129 cm³/mol. The van der Waals surface area contributed by atoms with Gasteiger partial charge in [0.15, 0.2) is 5.78 Å². The molecule has 154 valence electrons. The van der Waals surface area contributed by atoms with Gasteiger partial charge in [-0.25, -0.2) is 0 Å². The minimum Gasteiger partial charge on any atom is -0.297 e. The van der Waals surface area contributed by atoms with Crippen LogP contribution in [-0.4, -0.2) is 5.78 Å². The number of rotatable bonds is 4. The summed E-state index contributed by atoms with van der Waals surface area (Å²) in [5.74, 6) is 0.322. The first-order valence-corrected chi connectivity index (χ1v) is 11.3. The van der Waals surface area contributed by atoms with E-state index in [1.165, 1.54) is 16.7 Å². The van der Waals surface area contributed by atoms with E-state index in [-0.39, 0.29) is 11.8 Å². The molecule has 2 aliphatic carbocycles. The van der Waals surface area contributed by atoms with E-state index in [0.717, 1.165) is 23.1 Å². The van der Waals surface area contributed by atoms with Crippen LogP contribution in [0.15, 0.2) is 127 Å². The van der Waals surface area contributed by atoms with Crippen molar-refractivity contribution in [1.82, 2.24) is 0 Å². The van der Waals surface area contributed by atoms with Crippen LogP contribution in [0.25, 0.3) is 5.57 Å². The monoisotopic (exact) mass is 412 g/mol. The van der Waals surface area contributed by atoms with E-state index in [1.807, 2.05) is 30.3 Å². The van der Waals surface area contributed by atoms with Crippen LogP contribution in [0.3, 0.4) is 0 Å². The molecule has 0 amide bonds. The summed E-state index contributed by atoms with van der Waals surface area (Å²) in [6, 6.07) is 41.9. The molecular weight excluding hydrogens is 388 g/mol. The quantitative estimate of drug-likeness (QED) is 0.355. The van der Waals surface area contributed by atoms with Gasteiger partial charge in [-0.05, 0) is 39.8 Å². The molecule has 0 spiro atoms. The summed E-state index contributed by atoms with van der Waals surface area (Å²) in [4.78, 5) is 14.4. The molecule has 1 saturated carbocycles. The Balaban J connectivity index is 1.65. The number of carbonyl (C=O) groups is 1. The Kier molecular flexibility index (Phi) is 4.43. The molecule has 3 atom stereocenters. The average molecular weight is 413 g/mol. The van der Waals surface area contributed by atoms with Gasteiger partial charge in [0.05, 0.1) is 11.3 Å². The molecule has 0 aromatic heterocycles. The number of carbonyl (C=O) groups excluding carboxylic acids is 1. The second-order valence-electron chi connectivity index (χ2n) is 8.84. The number of hydrogen-bond donors (Lipinski definition) is 0. The number of benzene rings is 4. The van der Waals surface area contributed by atoms with Gasteiger partial charge in [-0.15, -0.1) is 0 Å². The van der Waals surface area contributed by atoms with Crippen LogP contribution < -0.4 is 0 Å². The second-order valence-corrected chi connectivity index (χ2v) is 8.84. The van der Waals surface area contributed by atoms with Gasteiger partial charge in [-0.3, -0.25) is 4.79 Å². The number of ketones is 1. The highest BCUT2D eigenvalue weighted by Crippen LogP contribution is 2.67. The molecule has 0 saturated heterocycles. The molecular formula is C31H24O. The van der Waals surface area contributed by atoms with Crippen LogP contribution in [-0.2, 0) is 10.2 Å². The van der Waals surface area contributed by atoms with Crippen molar-refractivity contribution in [3.63, 3.8) is 0 Å². The molecule has 3 unspecified atom stereocenters. The maximum atomic E-state index is 14.4. The van der Waals surface area contributed by atoms with Gasteiger partial charge in [0.1, 0.15) is 0 Å². The van der Waals surface area contributed by atoms with Crippen LogP contribution in [0.5, 0.6) is 0 Å². The summed E-state index contributed by atoms with van der Waals surface area (Å²) in [7, 11) is 0. The molecule has 0 heterocycles. The van der Waals surface area contributed by atoms with Crippen molar-refractivity contribution in [1.29, 1.82) is 0 Å². The van der Waals surface area contributed by atoms with Crippen LogP contribution in [0, 0.1) is 0 Å². The highest BCUT2D eigenvalue weighted by molar-refractivity contribution is 6.15. The number of hydrogen-bond acceptors (Lipinski definition) is 1. The Morgan fingerprint density at radius 3 is 1.69 bits per heavy atom. The molecule has 0 N–H and O–H groups in total. The van der Waals surface area contributed by atoms with Crippen molar-refractivity contribution >= 4 is 11.4 Å². The van der Waals surface area contributed by atoms with E-state index in [4.69, 9.17) is 0 Å². The van der Waals surface area contributed by atoms with Gasteiger partial charge < -0.3 is 0 Å². The van der Waals surface area contributed by atoms with Gasteiger partial charge in [0.2, 0.25) is 0 Å². The van der Waals surface area contributed by atoms with Gasteiger partial charge >= 0.3 is 0 Å². The number of Topliss-reactive ketones (excluding diaryl/α,β-unsaturated/α-hetero) is 1. The third-order valence-electron chi connectivity index (χ3n) is 7.27. The first-order chi connectivity index (χ1) is 15.8. The Bertz CT molecular complexity index is 1290. The predicted octanol–water partition coefficient (Wildman–Crippen LogP) is 6.93. The van der Waals surface area contributed by atoms with Crippen molar-refractivity contribution in [2.45, 2.75) is 23.7 Å². The third kappa shape index (κ3) is 2.67. The molecule has 32 heavy (non-hydrogen) atoms. The first kappa shape index (κ1) is 19.0. The van der Waals surface area contributed by atoms with E-state index in [9.17, 15) is 4.79 Å². The van der Waals surface area contributed by atoms with E-state index < -0.39 is 5.41 Å². The molecule has 0 radical (unpaired) electrons. The Morgan fingerprint density at radius 2 is 1.09 bits per heavy atom. The zero-order valence-corrected chi connectivity index (χ0v) is 17.8. The summed E-state index contributed by atoms with van der Waals surface area (Å²) in [5.41, 5.74) is 6.60. The van der Waals surface area contributed by atoms with Crippen molar-refractivity contribution in [2.24, 2.45) is 0 Å². The van der Waals surface area contributed by atoms with Crippen molar-refractivity contribution in [3.05, 3.63) is 149 Å². The van der Waals surface area contributed by atoms with Crippen LogP contribution in [0.2, 0.25) is 0 Å². The minimum atomic E-state index is -0.548. The topological polar surface area (TPSA) is 17.1 Å². The Morgan fingerprint density at radius 1 is 0.594 bits per heavy atom. The van der Waals surface area contributed by atoms with Gasteiger partial charge in [-0.2, -0.15) is 0 Å². The lowest BCUT2D eigenvalue weighted by molar-refractivity contribution is -0.124. The zero-order chi connectivity index (χ0) is 21.5. The van der Waals surface area contributed by atoms with Crippen molar-refractivity contribution in [2.75, 3.05) is 0 Å². The summed E-state index contributed by atoms with van der Waals surface area (Å²) >= 11 is 0. The summed E-state index contributed by atoms with van der Waals surface area (Å²) < 4.78 is 0. The highest BCUT2D eigenvalue weighted by atomic mass is 16.1. The highest BCUT2D eigenvalue weighted by Gasteiger charge is 2.63. The molecule has 1 heteroatoms. The van der Waals surface area contributed by atoms with Crippen LogP contribution >= 0.6 is 0 Å². The SMILES string of the molecule is O=C1C(c2ccccc2)C(c2ccccc2)=C2C(c3ccccc3)CC12c1ccccc1. The van der Waals surface area contributed by atoms with Gasteiger partial charge in [-0.1, -0.05) is 121 Å². The normalized spacial score (nSPS) is 24.2. The Labute approximate surface area is 189 Å². The maximum Gasteiger partial charge on any atom is 0.159 e. The van der Waals surface area contributed by atoms with E-state index in [0.29, 0.717) is 5.78 Å². The summed E-state index contributed by atoms with van der Waals surface area (Å²) in [5, 5.41) is 0. The summed E-state index contributed by atoms with van der Waals surface area (Å²) in [6.07, 6.45) is 0.828. The third-order valence-corrected chi connectivity index (χ3v) is 7.27. The lowest BCUT2D eigenvalue weighted by Crippen LogP contribution is -2.47. The fourth-order valence-corrected chi connectivity index (χ4v) is 5.88. The van der Waals surface area contributed by atoms with Crippen molar-refractivity contribution in [3.8, 4) is 0 Å². The molecule has 4 aromatic carbocycles. The Hall–Kier alpha value is -3.71. The average Bonchev–Trinajstić information content (AvgIpc) is 3.05. The lowest BCUT2D eigenvalue weighted by Gasteiger charge is -2.48. The smallest absolute Gasteiger partial charge is 0.159 e. The lowest BCUT2D eigenvalue weighted by atomic mass is 9.53. The maximum absolute atomic E-state index is 14.4. The largest absolute Gasteiger partial charge is 0.297 e. The van der Waals surface area contributed by atoms with E-state index >= 15 is 0 Å². The fourth-order valence-electron chi connectivity index (χ4n) is 5.88. The van der Waals surface area contributed by atoms with Crippen LogP contribution in [0.4, 0.5) is 0 Å². The molecule has 1 nitrogen and oxygen atoms in total. The number of fused-ring (bicyclic) bond motifs is 1. The molecule has 0 bridgehead atoms. The van der Waals surface area contributed by atoms with Gasteiger partial charge in [0.25, 0.3) is 0 Å². The first-order valence-electron chi connectivity index (χ1n) is 11.3. The van der Waals surface area contributed by atoms with Crippen LogP contribution in [0.1, 0.15) is 40.5 Å². The molecule has 0 aliphatic heterocycles. The standard InChI is InChI=1S/C31H24O/c32-30-28(24-17-9-3-10-18-24)27(23-15-7-2-8-16-23)29-26(22-13-5-1-6-14-22)21-31(29,30)25-19-11-4-12-20-25/h1-20,26,28H,21H2. The summed E-state index contributed by atoms with van der Waals surface area (Å²) in [6.45, 7) is 0. The second kappa shape index (κ2) is 7.46. The minimum absolute atomic E-state index is 0.248. The van der Waals surface area contributed by atoms with E-state index in [2.05, 4.69) is 91.0 Å². The van der Waals surface area contributed by atoms with Crippen molar-refractivity contribution < 1.29 is 4.79 Å². The molecule has 1 fully saturated rings. The fraction of sp³-hybridized carbons (Fsp3) is 0.129. The molecule has 6 rings (SSSR count). The number of allylic oxidation sites excluding steroid dienone is 2. The van der Waals surface area contributed by atoms with E-state index in [1.54, 1.807) is 0 Å².